The minimum absolute atomic E-state index is 0.0379. The molecule has 0 aromatic heterocycles. The van der Waals surface area contributed by atoms with Crippen LogP contribution in [0.2, 0.25) is 0 Å². The van der Waals surface area contributed by atoms with Crippen LogP contribution in [0.4, 0.5) is 10.5 Å². The normalized spacial score (nSPS) is 16.2. The van der Waals surface area contributed by atoms with Crippen LogP contribution < -0.4 is 11.1 Å². The fraction of sp³-hybridized carbons (Fsp3) is 0.385. The Balaban J connectivity index is 1.77. The van der Waals surface area contributed by atoms with Crippen LogP contribution in [-0.4, -0.2) is 58.9 Å². The molecular formula is C26H30N4O8. The largest absolute Gasteiger partial charge is 0.466 e. The minimum atomic E-state index is -1.35. The number of ether oxygens (including phenoxy) is 2. The fourth-order valence-electron chi connectivity index (χ4n) is 4.35. The summed E-state index contributed by atoms with van der Waals surface area (Å²) in [6.07, 6.45) is -0.0836. The molecule has 0 unspecified atom stereocenters. The minimum Gasteiger partial charge on any atom is -0.466 e. The Morgan fingerprint density at radius 3 is 2.39 bits per heavy atom. The molecular weight excluding hydrogens is 496 g/mol. The number of hydrogen-bond acceptors (Lipinski definition) is 8. The van der Waals surface area contributed by atoms with E-state index in [1.54, 1.807) is 19.1 Å². The second kappa shape index (κ2) is 13.2. The van der Waals surface area contributed by atoms with Crippen molar-refractivity contribution in [2.75, 3.05) is 13.2 Å². The summed E-state index contributed by atoms with van der Waals surface area (Å²) < 4.78 is 10.4. The van der Waals surface area contributed by atoms with Crippen molar-refractivity contribution < 1.29 is 33.6 Å². The molecule has 3 amide bonds. The molecule has 1 fully saturated rings. The lowest BCUT2D eigenvalue weighted by Gasteiger charge is -2.29. The Morgan fingerprint density at radius 1 is 1.11 bits per heavy atom. The predicted octanol–water partition coefficient (Wildman–Crippen LogP) is 2.40. The molecule has 1 aliphatic heterocycles. The maximum Gasteiger partial charge on any atom is 0.410 e. The molecule has 12 heteroatoms. The molecule has 2 aromatic rings. The van der Waals surface area contributed by atoms with Gasteiger partial charge in [-0.3, -0.25) is 29.4 Å². The quantitative estimate of drug-likeness (QED) is 0.255. The summed E-state index contributed by atoms with van der Waals surface area (Å²) in [6, 6.07) is 12.1. The predicted molar refractivity (Wildman–Crippen MR) is 135 cm³/mol. The summed E-state index contributed by atoms with van der Waals surface area (Å²) in [6.45, 7) is 2.05. The lowest BCUT2D eigenvalue weighted by Crippen LogP contribution is -2.54. The Morgan fingerprint density at radius 2 is 1.79 bits per heavy atom. The van der Waals surface area contributed by atoms with Gasteiger partial charge in [0, 0.05) is 24.6 Å². The van der Waals surface area contributed by atoms with Crippen molar-refractivity contribution in [2.45, 2.75) is 50.8 Å². The van der Waals surface area contributed by atoms with Gasteiger partial charge in [-0.05, 0) is 30.9 Å². The number of nitrogens with one attached hydrogen (secondary N) is 1. The monoisotopic (exact) mass is 526 g/mol. The number of nitrogens with two attached hydrogens (primary N) is 1. The molecule has 0 radical (unpaired) electrons. The van der Waals surface area contributed by atoms with E-state index in [1.165, 1.54) is 29.2 Å². The van der Waals surface area contributed by atoms with Crippen LogP contribution in [0.1, 0.15) is 43.2 Å². The third-order valence-corrected chi connectivity index (χ3v) is 6.23. The molecule has 3 atom stereocenters. The highest BCUT2D eigenvalue weighted by Gasteiger charge is 2.39. The first-order valence-corrected chi connectivity index (χ1v) is 12.2. The van der Waals surface area contributed by atoms with Gasteiger partial charge in [0.15, 0.2) is 0 Å². The lowest BCUT2D eigenvalue weighted by molar-refractivity contribution is -0.384. The molecule has 2 aromatic carbocycles. The molecule has 3 rings (SSSR count). The van der Waals surface area contributed by atoms with Crippen LogP contribution in [0.15, 0.2) is 54.6 Å². The highest BCUT2D eigenvalue weighted by atomic mass is 16.6. The van der Waals surface area contributed by atoms with Gasteiger partial charge < -0.3 is 20.5 Å². The van der Waals surface area contributed by atoms with Crippen LogP contribution >= 0.6 is 0 Å². The molecule has 0 saturated carbocycles. The van der Waals surface area contributed by atoms with Crippen molar-refractivity contribution in [3.8, 4) is 0 Å². The van der Waals surface area contributed by atoms with Crippen LogP contribution in [0, 0.1) is 10.1 Å². The Labute approximate surface area is 219 Å². The zero-order valence-electron chi connectivity index (χ0n) is 20.9. The molecule has 12 nitrogen and oxygen atoms in total. The molecule has 0 bridgehead atoms. The number of benzene rings is 2. The molecule has 0 spiro atoms. The van der Waals surface area contributed by atoms with Gasteiger partial charge in [-0.25, -0.2) is 4.79 Å². The number of nitro groups is 1. The van der Waals surface area contributed by atoms with Gasteiger partial charge in [-0.15, -0.1) is 0 Å². The van der Waals surface area contributed by atoms with Gasteiger partial charge >= 0.3 is 12.1 Å². The Kier molecular flexibility index (Phi) is 9.74. The topological polar surface area (TPSA) is 171 Å². The molecule has 1 saturated heterocycles. The van der Waals surface area contributed by atoms with E-state index in [0.717, 1.165) is 5.56 Å². The number of nitrogens with zero attached hydrogens (tertiary/aromatic N) is 2. The number of nitro benzene ring substituents is 1. The second-order valence-electron chi connectivity index (χ2n) is 8.74. The van der Waals surface area contributed by atoms with Gasteiger partial charge in [-0.1, -0.05) is 42.5 Å². The summed E-state index contributed by atoms with van der Waals surface area (Å²) in [7, 11) is 0. The molecule has 3 N–H and O–H groups in total. The Bertz CT molecular complexity index is 1160. The number of amides is 3. The lowest BCUT2D eigenvalue weighted by atomic mass is 9.87. The third-order valence-electron chi connectivity index (χ3n) is 6.23. The van der Waals surface area contributed by atoms with E-state index in [1.807, 2.05) is 18.2 Å². The van der Waals surface area contributed by atoms with E-state index in [4.69, 9.17) is 15.2 Å². The summed E-state index contributed by atoms with van der Waals surface area (Å²) >= 11 is 0. The van der Waals surface area contributed by atoms with Gasteiger partial charge in [-0.2, -0.15) is 0 Å². The number of likely N-dealkylation sites (tertiary alicyclic amines) is 1. The average molecular weight is 527 g/mol. The SMILES string of the molecule is CCOC(=O)C[C@H](c1ccc([N+](=O)[O-])cc1)[C@H](NC(=O)[C@H]1CCCN1C(=O)OCc1ccccc1)C(N)=O. The van der Waals surface area contributed by atoms with E-state index in [9.17, 15) is 29.3 Å². The summed E-state index contributed by atoms with van der Waals surface area (Å²) in [5.74, 6) is -3.14. The van der Waals surface area contributed by atoms with E-state index in [0.29, 0.717) is 24.9 Å². The standard InChI is InChI=1S/C26H30N4O8/c1-2-37-22(31)15-20(18-10-12-19(13-11-18)30(35)36)23(24(27)32)28-25(33)21-9-6-14-29(21)26(34)38-16-17-7-4-3-5-8-17/h3-5,7-8,10-13,20-21,23H,2,6,9,14-16H2,1H3,(H2,27,32)(H,28,33)/t20-,21-,23+/m1/s1. The smallest absolute Gasteiger partial charge is 0.410 e. The van der Waals surface area contributed by atoms with Crippen LogP contribution in [-0.2, 0) is 30.5 Å². The Hall–Kier alpha value is -4.48. The van der Waals surface area contributed by atoms with E-state index >= 15 is 0 Å². The van der Waals surface area contributed by atoms with Gasteiger partial charge in [0.05, 0.1) is 18.0 Å². The maximum atomic E-state index is 13.3. The van der Waals surface area contributed by atoms with Crippen LogP contribution in [0.5, 0.6) is 0 Å². The average Bonchev–Trinajstić information content (AvgIpc) is 3.40. The highest BCUT2D eigenvalue weighted by Crippen LogP contribution is 2.28. The number of esters is 1. The number of carbonyl (C=O) groups is 4. The zero-order valence-corrected chi connectivity index (χ0v) is 20.9. The third kappa shape index (κ3) is 7.28. The van der Waals surface area contributed by atoms with Crippen molar-refractivity contribution in [2.24, 2.45) is 5.73 Å². The van der Waals surface area contributed by atoms with Gasteiger partial charge in [0.1, 0.15) is 18.7 Å². The van der Waals surface area contributed by atoms with Gasteiger partial charge in [0.25, 0.3) is 5.69 Å². The van der Waals surface area contributed by atoms with Crippen LogP contribution in [0.25, 0.3) is 0 Å². The van der Waals surface area contributed by atoms with E-state index in [-0.39, 0.29) is 25.3 Å². The number of hydrogen-bond donors (Lipinski definition) is 2. The van der Waals surface area contributed by atoms with Crippen molar-refractivity contribution in [3.63, 3.8) is 0 Å². The summed E-state index contributed by atoms with van der Waals surface area (Å²) in [5.41, 5.74) is 6.62. The fourth-order valence-corrected chi connectivity index (χ4v) is 4.35. The molecule has 0 aliphatic carbocycles. The molecule has 1 heterocycles. The summed E-state index contributed by atoms with van der Waals surface area (Å²) in [5, 5.41) is 13.6. The summed E-state index contributed by atoms with van der Waals surface area (Å²) in [4.78, 5) is 62.6. The van der Waals surface area contributed by atoms with Gasteiger partial charge in [0.2, 0.25) is 11.8 Å². The first-order chi connectivity index (χ1) is 18.2. The second-order valence-corrected chi connectivity index (χ2v) is 8.74. The van der Waals surface area contributed by atoms with Crippen molar-refractivity contribution >= 4 is 29.6 Å². The van der Waals surface area contributed by atoms with E-state index in [2.05, 4.69) is 5.32 Å². The van der Waals surface area contributed by atoms with Crippen molar-refractivity contribution in [1.29, 1.82) is 0 Å². The number of primary amides is 1. The first-order valence-electron chi connectivity index (χ1n) is 12.2. The van der Waals surface area contributed by atoms with E-state index < -0.39 is 46.8 Å². The molecule has 38 heavy (non-hydrogen) atoms. The first kappa shape index (κ1) is 28.1. The number of non-ortho nitro benzene ring substituents is 1. The maximum absolute atomic E-state index is 13.3. The molecule has 1 aliphatic rings. The van der Waals surface area contributed by atoms with Crippen LogP contribution in [0.3, 0.4) is 0 Å². The zero-order chi connectivity index (χ0) is 27.7. The number of rotatable bonds is 11. The molecule has 202 valence electrons. The number of carbonyl (C=O) groups excluding carboxylic acids is 4. The van der Waals surface area contributed by atoms with Crippen molar-refractivity contribution in [1.82, 2.24) is 10.2 Å². The van der Waals surface area contributed by atoms with Crippen molar-refractivity contribution in [3.05, 3.63) is 75.8 Å². The highest BCUT2D eigenvalue weighted by molar-refractivity contribution is 5.92.